The van der Waals surface area contributed by atoms with E-state index in [9.17, 15) is 14.4 Å². The molecule has 358 valence electrons. The van der Waals surface area contributed by atoms with Crippen LogP contribution in [0.3, 0.4) is 0 Å². The summed E-state index contributed by atoms with van der Waals surface area (Å²) < 4.78 is 16.7. The molecule has 0 bridgehead atoms. The lowest BCUT2D eigenvalue weighted by molar-refractivity contribution is -0.166. The largest absolute Gasteiger partial charge is 0.462 e. The summed E-state index contributed by atoms with van der Waals surface area (Å²) >= 11 is 0. The molecule has 0 heterocycles. The summed E-state index contributed by atoms with van der Waals surface area (Å²) in [5.41, 5.74) is 0. The number of unbranched alkanes of at least 4 members (excludes halogenated alkanes) is 27. The van der Waals surface area contributed by atoms with Crippen LogP contribution in [0.2, 0.25) is 0 Å². The minimum Gasteiger partial charge on any atom is -0.462 e. The molecular formula is C56H98O6. The molecule has 0 aromatic heterocycles. The first-order valence-electron chi connectivity index (χ1n) is 26.3. The number of hydrogen-bond donors (Lipinski definition) is 0. The molecule has 0 saturated heterocycles. The highest BCUT2D eigenvalue weighted by Gasteiger charge is 2.19. The Kier molecular flexibility index (Phi) is 48.4. The van der Waals surface area contributed by atoms with Gasteiger partial charge in [0.2, 0.25) is 0 Å². The van der Waals surface area contributed by atoms with Crippen LogP contribution in [-0.4, -0.2) is 37.2 Å². The number of carbonyl (C=O) groups excluding carboxylic acids is 3. The maximum Gasteiger partial charge on any atom is 0.310 e. The van der Waals surface area contributed by atoms with E-state index < -0.39 is 12.1 Å². The molecule has 6 nitrogen and oxygen atoms in total. The summed E-state index contributed by atoms with van der Waals surface area (Å²) in [4.78, 5) is 37.8. The van der Waals surface area contributed by atoms with Crippen molar-refractivity contribution in [2.75, 3.05) is 13.2 Å². The third kappa shape index (κ3) is 48.1. The highest BCUT2D eigenvalue weighted by atomic mass is 16.6. The monoisotopic (exact) mass is 867 g/mol. The van der Waals surface area contributed by atoms with Gasteiger partial charge in [-0.1, -0.05) is 255 Å². The van der Waals surface area contributed by atoms with Crippen LogP contribution in [0.25, 0.3) is 0 Å². The Morgan fingerprint density at radius 2 is 0.613 bits per heavy atom. The lowest BCUT2D eigenvalue weighted by Crippen LogP contribution is -2.30. The number of esters is 3. The maximum absolute atomic E-state index is 12.7. The van der Waals surface area contributed by atoms with Gasteiger partial charge in [-0.2, -0.15) is 0 Å². The molecule has 62 heavy (non-hydrogen) atoms. The summed E-state index contributed by atoms with van der Waals surface area (Å²) in [7, 11) is 0. The van der Waals surface area contributed by atoms with Gasteiger partial charge < -0.3 is 14.2 Å². The third-order valence-corrected chi connectivity index (χ3v) is 11.3. The van der Waals surface area contributed by atoms with Gasteiger partial charge in [0.25, 0.3) is 0 Å². The van der Waals surface area contributed by atoms with Crippen molar-refractivity contribution >= 4 is 17.9 Å². The summed E-state index contributed by atoms with van der Waals surface area (Å²) in [6.07, 6.45) is 62.5. The average molecular weight is 867 g/mol. The molecule has 0 aliphatic heterocycles. The zero-order valence-electron chi connectivity index (χ0n) is 40.9. The van der Waals surface area contributed by atoms with E-state index in [1.807, 2.05) is 6.08 Å². The van der Waals surface area contributed by atoms with Gasteiger partial charge in [-0.05, 0) is 44.9 Å². The second-order valence-electron chi connectivity index (χ2n) is 17.4. The summed E-state index contributed by atoms with van der Waals surface area (Å²) in [5, 5.41) is 0. The van der Waals surface area contributed by atoms with Crippen molar-refractivity contribution in [3.05, 3.63) is 60.8 Å². The Labute approximate surface area is 383 Å². The van der Waals surface area contributed by atoms with Crippen molar-refractivity contribution in [2.45, 2.75) is 264 Å². The molecule has 1 unspecified atom stereocenters. The van der Waals surface area contributed by atoms with Crippen LogP contribution in [0.5, 0.6) is 0 Å². The smallest absolute Gasteiger partial charge is 0.310 e. The fourth-order valence-electron chi connectivity index (χ4n) is 7.40. The molecule has 0 aliphatic carbocycles. The Morgan fingerprint density at radius 3 is 0.919 bits per heavy atom. The minimum absolute atomic E-state index is 0.101. The van der Waals surface area contributed by atoms with Crippen LogP contribution in [0.15, 0.2) is 60.8 Å². The highest BCUT2D eigenvalue weighted by molar-refractivity contribution is 5.72. The Morgan fingerprint density at radius 1 is 0.339 bits per heavy atom. The number of ether oxygens (including phenoxy) is 3. The van der Waals surface area contributed by atoms with Gasteiger partial charge >= 0.3 is 17.9 Å². The Hall–Kier alpha value is -2.89. The molecule has 1 atom stereocenters. The van der Waals surface area contributed by atoms with Gasteiger partial charge in [0.05, 0.1) is 6.42 Å². The van der Waals surface area contributed by atoms with E-state index in [0.717, 1.165) is 70.6 Å². The second-order valence-corrected chi connectivity index (χ2v) is 17.4. The molecular weight excluding hydrogens is 769 g/mol. The minimum atomic E-state index is -0.823. The Balaban J connectivity index is 4.35. The van der Waals surface area contributed by atoms with Gasteiger partial charge in [-0.25, -0.2) is 0 Å². The number of carbonyl (C=O) groups is 3. The maximum atomic E-state index is 12.7. The summed E-state index contributed by atoms with van der Waals surface area (Å²) in [6, 6.07) is 0. The van der Waals surface area contributed by atoms with Crippen molar-refractivity contribution in [3.8, 4) is 0 Å². The van der Waals surface area contributed by atoms with Crippen LogP contribution in [0, 0.1) is 0 Å². The quantitative estimate of drug-likeness (QED) is 0.0262. The lowest BCUT2D eigenvalue weighted by atomic mass is 10.0. The first-order chi connectivity index (χ1) is 30.5. The van der Waals surface area contributed by atoms with E-state index in [2.05, 4.69) is 69.4 Å². The molecule has 0 saturated carbocycles. The van der Waals surface area contributed by atoms with Crippen molar-refractivity contribution in [1.82, 2.24) is 0 Å². The van der Waals surface area contributed by atoms with Crippen LogP contribution < -0.4 is 0 Å². The Bertz CT molecular complexity index is 1130. The molecule has 0 aromatic carbocycles. The molecule has 0 aromatic rings. The molecule has 0 radical (unpaired) electrons. The molecule has 0 rings (SSSR count). The van der Waals surface area contributed by atoms with Gasteiger partial charge in [-0.15, -0.1) is 0 Å². The first kappa shape index (κ1) is 59.1. The predicted molar refractivity (Wildman–Crippen MR) is 265 cm³/mol. The molecule has 0 spiro atoms. The van der Waals surface area contributed by atoms with Crippen LogP contribution in [0.4, 0.5) is 0 Å². The van der Waals surface area contributed by atoms with E-state index in [0.29, 0.717) is 12.8 Å². The zero-order valence-corrected chi connectivity index (χ0v) is 40.9. The highest BCUT2D eigenvalue weighted by Crippen LogP contribution is 2.16. The molecule has 0 N–H and O–H groups in total. The standard InChI is InChI=1S/C56H98O6/c1-4-7-10-13-16-19-21-23-25-26-27-28-29-31-32-34-37-40-43-46-49-55(58)61-52-53(51-60-54(57)48-45-42-39-36-18-15-12-9-6-3)62-56(59)50-47-44-41-38-35-33-30-24-22-20-17-14-11-8-5-2/h8,11,17,20,24,30,35,38,44,47,53H,4-7,9-10,12-16,18-19,21-23,25-29,31-34,36-37,39-43,45-46,48-52H2,1-3H3/b11-8-,20-17-,30-24-,38-35-,47-44-. The van der Waals surface area contributed by atoms with Crippen LogP contribution in [0.1, 0.15) is 258 Å². The number of rotatable bonds is 47. The average Bonchev–Trinajstić information content (AvgIpc) is 3.27. The fourth-order valence-corrected chi connectivity index (χ4v) is 7.40. The molecule has 6 heteroatoms. The number of allylic oxidation sites excluding steroid dienone is 9. The SMILES string of the molecule is CC/C=C\C/C=C\C/C=C\C/C=C\C/C=C\CC(=O)OC(COC(=O)CCCCCCCCCCC)COC(=O)CCCCCCCCCCCCCCCCCCCCCC. The third-order valence-electron chi connectivity index (χ3n) is 11.3. The van der Waals surface area contributed by atoms with Gasteiger partial charge in [0, 0.05) is 12.8 Å². The fraction of sp³-hybridized carbons (Fsp3) is 0.768. The second kappa shape index (κ2) is 50.8. The predicted octanol–water partition coefficient (Wildman–Crippen LogP) is 17.3. The van der Waals surface area contributed by atoms with E-state index in [1.54, 1.807) is 6.08 Å². The van der Waals surface area contributed by atoms with Gasteiger partial charge in [0.1, 0.15) is 13.2 Å². The topological polar surface area (TPSA) is 78.9 Å². The van der Waals surface area contributed by atoms with Crippen LogP contribution >= 0.6 is 0 Å². The normalized spacial score (nSPS) is 12.5. The van der Waals surface area contributed by atoms with Crippen molar-refractivity contribution in [3.63, 3.8) is 0 Å². The van der Waals surface area contributed by atoms with Gasteiger partial charge in [-0.3, -0.25) is 14.4 Å². The van der Waals surface area contributed by atoms with E-state index in [1.165, 1.54) is 148 Å². The molecule has 0 amide bonds. The van der Waals surface area contributed by atoms with Crippen molar-refractivity contribution in [2.24, 2.45) is 0 Å². The molecule has 0 aliphatic rings. The number of hydrogen-bond acceptors (Lipinski definition) is 6. The van der Waals surface area contributed by atoms with Crippen molar-refractivity contribution < 1.29 is 28.6 Å². The van der Waals surface area contributed by atoms with E-state index in [4.69, 9.17) is 14.2 Å². The lowest BCUT2D eigenvalue weighted by Gasteiger charge is -2.18. The first-order valence-corrected chi connectivity index (χ1v) is 26.3. The molecule has 0 fully saturated rings. The van der Waals surface area contributed by atoms with Crippen molar-refractivity contribution in [1.29, 1.82) is 0 Å². The van der Waals surface area contributed by atoms with Crippen LogP contribution in [-0.2, 0) is 28.6 Å². The summed E-state index contributed by atoms with van der Waals surface area (Å²) in [5.74, 6) is -1.04. The summed E-state index contributed by atoms with van der Waals surface area (Å²) in [6.45, 7) is 6.44. The zero-order chi connectivity index (χ0) is 45.1. The van der Waals surface area contributed by atoms with E-state index in [-0.39, 0.29) is 31.6 Å². The van der Waals surface area contributed by atoms with Gasteiger partial charge in [0.15, 0.2) is 6.10 Å². The van der Waals surface area contributed by atoms with E-state index >= 15 is 0 Å².